The Morgan fingerprint density at radius 1 is 0.955 bits per heavy atom. The molecule has 0 atom stereocenters. The van der Waals surface area contributed by atoms with Crippen LogP contribution in [-0.2, 0) is 4.79 Å². The second-order valence-corrected chi connectivity index (χ2v) is 5.66. The molecule has 112 valence electrons. The van der Waals surface area contributed by atoms with E-state index in [0.717, 1.165) is 29.8 Å². The van der Waals surface area contributed by atoms with E-state index in [1.54, 1.807) is 24.3 Å². The van der Waals surface area contributed by atoms with Gasteiger partial charge in [0.05, 0.1) is 0 Å². The molecule has 0 heterocycles. The molecular formula is C18H18N2O2. The van der Waals surface area contributed by atoms with Crippen LogP contribution in [0.4, 0.5) is 11.4 Å². The first-order valence-electron chi connectivity index (χ1n) is 7.41. The minimum Gasteiger partial charge on any atom is -0.326 e. The molecule has 4 nitrogen and oxygen atoms in total. The maximum atomic E-state index is 12.2. The molecule has 2 amide bonds. The Hall–Kier alpha value is -2.62. The van der Waals surface area contributed by atoms with Gasteiger partial charge in [0.25, 0.3) is 5.91 Å². The molecule has 2 N–H and O–H groups in total. The Kier molecular flexibility index (Phi) is 3.92. The molecule has 0 bridgehead atoms. The van der Waals surface area contributed by atoms with Crippen LogP contribution >= 0.6 is 0 Å². The number of carbonyl (C=O) groups excluding carboxylic acids is 2. The summed E-state index contributed by atoms with van der Waals surface area (Å²) in [4.78, 5) is 23.9. The van der Waals surface area contributed by atoms with Crippen molar-refractivity contribution in [3.63, 3.8) is 0 Å². The lowest BCUT2D eigenvalue weighted by Crippen LogP contribution is -2.14. The van der Waals surface area contributed by atoms with Crippen molar-refractivity contribution >= 4 is 23.2 Å². The van der Waals surface area contributed by atoms with Gasteiger partial charge in [-0.05, 0) is 61.7 Å². The molecule has 3 rings (SSSR count). The molecule has 0 saturated heterocycles. The van der Waals surface area contributed by atoms with Crippen molar-refractivity contribution in [3.8, 4) is 0 Å². The lowest BCUT2D eigenvalue weighted by molar-refractivity contribution is -0.117. The summed E-state index contributed by atoms with van der Waals surface area (Å²) in [6.07, 6.45) is 1.95. The highest BCUT2D eigenvalue weighted by Gasteiger charge is 2.29. The van der Waals surface area contributed by atoms with Gasteiger partial charge in [-0.1, -0.05) is 12.1 Å². The minimum absolute atomic E-state index is 0.0666. The van der Waals surface area contributed by atoms with Crippen LogP contribution in [0.1, 0.15) is 28.8 Å². The Balaban J connectivity index is 1.64. The van der Waals surface area contributed by atoms with Gasteiger partial charge in [0.2, 0.25) is 5.91 Å². The molecule has 1 saturated carbocycles. The van der Waals surface area contributed by atoms with Gasteiger partial charge in [-0.15, -0.1) is 0 Å². The molecule has 2 aromatic rings. The van der Waals surface area contributed by atoms with E-state index in [9.17, 15) is 9.59 Å². The van der Waals surface area contributed by atoms with Gasteiger partial charge in [-0.25, -0.2) is 0 Å². The zero-order valence-corrected chi connectivity index (χ0v) is 12.4. The lowest BCUT2D eigenvalue weighted by Gasteiger charge is -2.08. The highest BCUT2D eigenvalue weighted by Crippen LogP contribution is 2.30. The fourth-order valence-corrected chi connectivity index (χ4v) is 2.22. The van der Waals surface area contributed by atoms with Crippen molar-refractivity contribution in [1.82, 2.24) is 0 Å². The van der Waals surface area contributed by atoms with E-state index in [4.69, 9.17) is 0 Å². The van der Waals surface area contributed by atoms with Crippen molar-refractivity contribution in [2.24, 2.45) is 5.92 Å². The van der Waals surface area contributed by atoms with Crippen molar-refractivity contribution in [2.75, 3.05) is 10.6 Å². The number of nitrogens with one attached hydrogen (secondary N) is 2. The van der Waals surface area contributed by atoms with Gasteiger partial charge < -0.3 is 10.6 Å². The van der Waals surface area contributed by atoms with Crippen LogP contribution in [0.15, 0.2) is 48.5 Å². The van der Waals surface area contributed by atoms with Crippen LogP contribution < -0.4 is 10.6 Å². The number of carbonyl (C=O) groups is 2. The first kappa shape index (κ1) is 14.3. The summed E-state index contributed by atoms with van der Waals surface area (Å²) >= 11 is 0. The van der Waals surface area contributed by atoms with Crippen molar-refractivity contribution in [2.45, 2.75) is 19.8 Å². The Morgan fingerprint density at radius 3 is 2.32 bits per heavy atom. The second kappa shape index (κ2) is 6.02. The fraction of sp³-hybridized carbons (Fsp3) is 0.222. The topological polar surface area (TPSA) is 58.2 Å². The molecule has 1 fully saturated rings. The number of aryl methyl sites for hydroxylation is 1. The van der Waals surface area contributed by atoms with Gasteiger partial charge in [0, 0.05) is 22.9 Å². The highest BCUT2D eigenvalue weighted by molar-refractivity contribution is 6.04. The van der Waals surface area contributed by atoms with Gasteiger partial charge in [0.1, 0.15) is 0 Å². The molecule has 1 aliphatic rings. The van der Waals surface area contributed by atoms with Crippen LogP contribution in [0.25, 0.3) is 0 Å². The minimum atomic E-state index is -0.161. The first-order chi connectivity index (χ1) is 10.6. The molecule has 22 heavy (non-hydrogen) atoms. The SMILES string of the molecule is Cc1cccc(NC(=O)c2ccc(NC(=O)C3CC3)cc2)c1. The number of benzene rings is 2. The fourth-order valence-electron chi connectivity index (χ4n) is 2.22. The third kappa shape index (κ3) is 3.52. The first-order valence-corrected chi connectivity index (χ1v) is 7.41. The van der Waals surface area contributed by atoms with Gasteiger partial charge in [0.15, 0.2) is 0 Å². The molecule has 0 aromatic heterocycles. The third-order valence-electron chi connectivity index (χ3n) is 3.64. The summed E-state index contributed by atoms with van der Waals surface area (Å²) in [5.74, 6) is 0.0759. The maximum absolute atomic E-state index is 12.2. The van der Waals surface area contributed by atoms with E-state index in [2.05, 4.69) is 10.6 Å². The van der Waals surface area contributed by atoms with E-state index >= 15 is 0 Å². The third-order valence-corrected chi connectivity index (χ3v) is 3.64. The molecule has 0 unspecified atom stereocenters. The predicted octanol–water partition coefficient (Wildman–Crippen LogP) is 3.60. The quantitative estimate of drug-likeness (QED) is 0.905. The molecule has 0 aliphatic heterocycles. The monoisotopic (exact) mass is 294 g/mol. The van der Waals surface area contributed by atoms with Crippen LogP contribution in [0.5, 0.6) is 0 Å². The summed E-state index contributed by atoms with van der Waals surface area (Å²) in [6, 6.07) is 14.6. The zero-order valence-electron chi connectivity index (χ0n) is 12.4. The number of hydrogen-bond acceptors (Lipinski definition) is 2. The van der Waals surface area contributed by atoms with Crippen molar-refractivity contribution in [3.05, 3.63) is 59.7 Å². The van der Waals surface area contributed by atoms with E-state index in [1.807, 2.05) is 31.2 Å². The van der Waals surface area contributed by atoms with Crippen molar-refractivity contribution < 1.29 is 9.59 Å². The molecule has 1 aliphatic carbocycles. The number of hydrogen-bond donors (Lipinski definition) is 2. The molecule has 4 heteroatoms. The standard InChI is InChI=1S/C18H18N2O2/c1-12-3-2-4-16(11-12)20-18(22)14-7-9-15(10-8-14)19-17(21)13-5-6-13/h2-4,7-11,13H,5-6H2,1H3,(H,19,21)(H,20,22). The number of rotatable bonds is 4. The number of amides is 2. The van der Waals surface area contributed by atoms with Crippen LogP contribution in [0.3, 0.4) is 0 Å². The van der Waals surface area contributed by atoms with Gasteiger partial charge in [-0.2, -0.15) is 0 Å². The highest BCUT2D eigenvalue weighted by atomic mass is 16.2. The van der Waals surface area contributed by atoms with Crippen LogP contribution in [0.2, 0.25) is 0 Å². The maximum Gasteiger partial charge on any atom is 0.255 e. The Bertz CT molecular complexity index is 703. The molecule has 0 radical (unpaired) electrons. The smallest absolute Gasteiger partial charge is 0.255 e. The summed E-state index contributed by atoms with van der Waals surface area (Å²) in [5, 5.41) is 5.72. The summed E-state index contributed by atoms with van der Waals surface area (Å²) < 4.78 is 0. The van der Waals surface area contributed by atoms with E-state index < -0.39 is 0 Å². The van der Waals surface area contributed by atoms with Gasteiger partial charge in [-0.3, -0.25) is 9.59 Å². The molecule has 2 aromatic carbocycles. The van der Waals surface area contributed by atoms with E-state index in [0.29, 0.717) is 5.56 Å². The average Bonchev–Trinajstić information content (AvgIpc) is 3.32. The normalized spacial score (nSPS) is 13.5. The van der Waals surface area contributed by atoms with E-state index in [1.165, 1.54) is 0 Å². The van der Waals surface area contributed by atoms with Crippen molar-refractivity contribution in [1.29, 1.82) is 0 Å². The van der Waals surface area contributed by atoms with Crippen LogP contribution in [-0.4, -0.2) is 11.8 Å². The largest absolute Gasteiger partial charge is 0.326 e. The summed E-state index contributed by atoms with van der Waals surface area (Å²) in [7, 11) is 0. The molecular weight excluding hydrogens is 276 g/mol. The Labute approximate surface area is 129 Å². The second-order valence-electron chi connectivity index (χ2n) is 5.66. The number of anilines is 2. The predicted molar refractivity (Wildman–Crippen MR) is 86.9 cm³/mol. The molecule has 0 spiro atoms. The summed E-state index contributed by atoms with van der Waals surface area (Å²) in [5.41, 5.74) is 3.15. The van der Waals surface area contributed by atoms with E-state index in [-0.39, 0.29) is 17.7 Å². The lowest BCUT2D eigenvalue weighted by atomic mass is 10.1. The summed E-state index contributed by atoms with van der Waals surface area (Å²) in [6.45, 7) is 1.98. The van der Waals surface area contributed by atoms with Gasteiger partial charge >= 0.3 is 0 Å². The Morgan fingerprint density at radius 2 is 1.68 bits per heavy atom. The zero-order chi connectivity index (χ0) is 15.5. The average molecular weight is 294 g/mol. The van der Waals surface area contributed by atoms with Crippen LogP contribution in [0, 0.1) is 12.8 Å².